The molecule has 19 heavy (non-hydrogen) atoms. The number of aryl methyl sites for hydroxylation is 1. The molecule has 5 nitrogen and oxygen atoms in total. The molecule has 3 rings (SSSR count). The second-order valence-corrected chi connectivity index (χ2v) is 5.14. The van der Waals surface area contributed by atoms with Gasteiger partial charge >= 0.3 is 0 Å². The first-order chi connectivity index (χ1) is 9.20. The van der Waals surface area contributed by atoms with E-state index in [9.17, 15) is 0 Å². The predicted octanol–water partition coefficient (Wildman–Crippen LogP) is 2.67. The summed E-state index contributed by atoms with van der Waals surface area (Å²) in [4.78, 5) is 8.74. The smallest absolute Gasteiger partial charge is 0.257 e. The number of nitrogens with zero attached hydrogens (tertiary/aromatic N) is 3. The van der Waals surface area contributed by atoms with Crippen LogP contribution in [0.4, 0.5) is 5.69 Å². The van der Waals surface area contributed by atoms with Crippen molar-refractivity contribution >= 4 is 17.0 Å². The maximum atomic E-state index is 5.64. The topological polar surface area (TPSA) is 77.8 Å². The van der Waals surface area contributed by atoms with E-state index in [1.807, 2.05) is 36.6 Å². The van der Waals surface area contributed by atoms with Crippen LogP contribution in [0.1, 0.15) is 16.5 Å². The first kappa shape index (κ1) is 11.9. The molecule has 1 aromatic carbocycles. The molecular formula is C13H12N4OS. The molecule has 2 heterocycles. The Morgan fingerprint density at radius 2 is 2.00 bits per heavy atom. The summed E-state index contributed by atoms with van der Waals surface area (Å²) in [7, 11) is 0. The van der Waals surface area contributed by atoms with E-state index >= 15 is 0 Å². The van der Waals surface area contributed by atoms with Crippen molar-refractivity contribution < 1.29 is 4.52 Å². The molecule has 0 bridgehead atoms. The Bertz CT molecular complexity index is 687. The summed E-state index contributed by atoms with van der Waals surface area (Å²) in [6, 6.07) is 7.34. The number of thiazole rings is 1. The zero-order chi connectivity index (χ0) is 13.2. The normalized spacial score (nSPS) is 10.8. The van der Waals surface area contributed by atoms with Crippen molar-refractivity contribution in [3.63, 3.8) is 0 Å². The summed E-state index contributed by atoms with van der Waals surface area (Å²) >= 11 is 1.60. The molecule has 96 valence electrons. The molecule has 0 fully saturated rings. The van der Waals surface area contributed by atoms with Gasteiger partial charge < -0.3 is 10.3 Å². The van der Waals surface area contributed by atoms with Crippen LogP contribution in [0.15, 0.2) is 34.2 Å². The van der Waals surface area contributed by atoms with Crippen LogP contribution in [-0.4, -0.2) is 15.1 Å². The Kier molecular flexibility index (Phi) is 3.00. The van der Waals surface area contributed by atoms with Gasteiger partial charge in [-0.2, -0.15) is 4.98 Å². The van der Waals surface area contributed by atoms with Crippen LogP contribution in [0.2, 0.25) is 0 Å². The van der Waals surface area contributed by atoms with E-state index in [1.54, 1.807) is 11.3 Å². The van der Waals surface area contributed by atoms with Crippen molar-refractivity contribution in [1.29, 1.82) is 0 Å². The molecule has 0 saturated heterocycles. The highest BCUT2D eigenvalue weighted by atomic mass is 32.1. The predicted molar refractivity (Wildman–Crippen MR) is 73.8 cm³/mol. The van der Waals surface area contributed by atoms with Crippen molar-refractivity contribution in [1.82, 2.24) is 15.1 Å². The highest BCUT2D eigenvalue weighted by Gasteiger charge is 2.10. The molecule has 0 unspecified atom stereocenters. The third-order valence-electron chi connectivity index (χ3n) is 2.60. The van der Waals surface area contributed by atoms with Crippen LogP contribution in [-0.2, 0) is 6.42 Å². The molecule has 2 aromatic heterocycles. The lowest BCUT2D eigenvalue weighted by Gasteiger charge is -1.94. The number of anilines is 1. The van der Waals surface area contributed by atoms with Gasteiger partial charge in [0.25, 0.3) is 5.89 Å². The van der Waals surface area contributed by atoms with Crippen molar-refractivity contribution in [2.75, 3.05) is 5.73 Å². The second-order valence-electron chi connectivity index (χ2n) is 4.20. The quantitative estimate of drug-likeness (QED) is 0.742. The van der Waals surface area contributed by atoms with E-state index < -0.39 is 0 Å². The van der Waals surface area contributed by atoms with Gasteiger partial charge in [0.05, 0.1) is 6.42 Å². The van der Waals surface area contributed by atoms with E-state index in [0.29, 0.717) is 23.8 Å². The minimum Gasteiger partial charge on any atom is -0.399 e. The average Bonchev–Trinajstić information content (AvgIpc) is 3.00. The van der Waals surface area contributed by atoms with Crippen LogP contribution in [0.5, 0.6) is 0 Å². The number of rotatable bonds is 3. The Hall–Kier alpha value is -2.21. The average molecular weight is 272 g/mol. The van der Waals surface area contributed by atoms with Crippen molar-refractivity contribution in [2.45, 2.75) is 13.3 Å². The number of nitrogens with two attached hydrogens (primary N) is 1. The van der Waals surface area contributed by atoms with Gasteiger partial charge in [-0.25, -0.2) is 4.98 Å². The fourth-order valence-electron chi connectivity index (χ4n) is 1.69. The van der Waals surface area contributed by atoms with E-state index in [-0.39, 0.29) is 0 Å². The van der Waals surface area contributed by atoms with Gasteiger partial charge in [-0.15, -0.1) is 11.3 Å². The van der Waals surface area contributed by atoms with E-state index in [0.717, 1.165) is 16.3 Å². The fraction of sp³-hybridized carbons (Fsp3) is 0.154. The highest BCUT2D eigenvalue weighted by Crippen LogP contribution is 2.20. The number of hydrogen-bond donors (Lipinski definition) is 1. The molecular weight excluding hydrogens is 260 g/mol. The van der Waals surface area contributed by atoms with Crippen molar-refractivity contribution in [2.24, 2.45) is 0 Å². The first-order valence-corrected chi connectivity index (χ1v) is 6.68. The van der Waals surface area contributed by atoms with Gasteiger partial charge in [0.2, 0.25) is 0 Å². The molecule has 0 aliphatic heterocycles. The largest absolute Gasteiger partial charge is 0.399 e. The van der Waals surface area contributed by atoms with Gasteiger partial charge in [0.15, 0.2) is 5.82 Å². The highest BCUT2D eigenvalue weighted by molar-refractivity contribution is 7.09. The Balaban J connectivity index is 1.81. The maximum Gasteiger partial charge on any atom is 0.257 e. The zero-order valence-corrected chi connectivity index (χ0v) is 11.1. The Labute approximate surface area is 114 Å². The molecule has 0 saturated carbocycles. The molecule has 6 heteroatoms. The lowest BCUT2D eigenvalue weighted by Crippen LogP contribution is -1.90. The molecule has 0 spiro atoms. The van der Waals surface area contributed by atoms with Crippen LogP contribution in [0.3, 0.4) is 0 Å². The molecule has 3 aromatic rings. The number of hydrogen-bond acceptors (Lipinski definition) is 6. The molecule has 2 N–H and O–H groups in total. The maximum absolute atomic E-state index is 5.64. The van der Waals surface area contributed by atoms with E-state index in [1.165, 1.54) is 0 Å². The third kappa shape index (κ3) is 2.63. The van der Waals surface area contributed by atoms with Crippen LogP contribution in [0.25, 0.3) is 11.5 Å². The monoisotopic (exact) mass is 272 g/mol. The SMILES string of the molecule is Cc1csc(Cc2noc(-c3ccc(N)cc3)n2)n1. The van der Waals surface area contributed by atoms with Gasteiger partial charge in [0.1, 0.15) is 5.01 Å². The summed E-state index contributed by atoms with van der Waals surface area (Å²) in [5.41, 5.74) is 8.23. The first-order valence-electron chi connectivity index (χ1n) is 5.80. The lowest BCUT2D eigenvalue weighted by molar-refractivity contribution is 0.424. The molecule has 0 aliphatic carbocycles. The van der Waals surface area contributed by atoms with Gasteiger partial charge in [-0.3, -0.25) is 0 Å². The minimum absolute atomic E-state index is 0.503. The molecule has 0 amide bonds. The van der Waals surface area contributed by atoms with Gasteiger partial charge in [0, 0.05) is 22.3 Å². The van der Waals surface area contributed by atoms with Gasteiger partial charge in [-0.05, 0) is 31.2 Å². The lowest BCUT2D eigenvalue weighted by atomic mass is 10.2. The standard InChI is InChI=1S/C13H12N4OS/c1-8-7-19-12(15-8)6-11-16-13(18-17-11)9-2-4-10(14)5-3-9/h2-5,7H,6,14H2,1H3. The number of benzene rings is 1. The van der Waals surface area contributed by atoms with Crippen LogP contribution < -0.4 is 5.73 Å². The molecule has 0 aliphatic rings. The van der Waals surface area contributed by atoms with E-state index in [4.69, 9.17) is 10.3 Å². The van der Waals surface area contributed by atoms with E-state index in [2.05, 4.69) is 15.1 Å². The number of aromatic nitrogens is 3. The van der Waals surface area contributed by atoms with Gasteiger partial charge in [-0.1, -0.05) is 5.16 Å². The molecule has 0 radical (unpaired) electrons. The number of nitrogen functional groups attached to an aromatic ring is 1. The van der Waals surface area contributed by atoms with Crippen LogP contribution in [0, 0.1) is 6.92 Å². The fourth-order valence-corrected chi connectivity index (χ4v) is 2.46. The van der Waals surface area contributed by atoms with Crippen molar-refractivity contribution in [3.8, 4) is 11.5 Å². The van der Waals surface area contributed by atoms with Crippen LogP contribution >= 0.6 is 11.3 Å². The zero-order valence-electron chi connectivity index (χ0n) is 10.3. The minimum atomic E-state index is 0.503. The Morgan fingerprint density at radius 1 is 1.21 bits per heavy atom. The third-order valence-corrected chi connectivity index (χ3v) is 3.57. The summed E-state index contributed by atoms with van der Waals surface area (Å²) in [5, 5.41) is 6.97. The summed E-state index contributed by atoms with van der Waals surface area (Å²) in [6.07, 6.45) is 0.594. The summed E-state index contributed by atoms with van der Waals surface area (Å²) < 4.78 is 5.24. The summed E-state index contributed by atoms with van der Waals surface area (Å²) in [6.45, 7) is 1.97. The van der Waals surface area contributed by atoms with Crippen molar-refractivity contribution in [3.05, 3.63) is 46.2 Å². The molecule has 0 atom stereocenters. The second kappa shape index (κ2) is 4.81. The Morgan fingerprint density at radius 3 is 2.68 bits per heavy atom. The summed E-state index contributed by atoms with van der Waals surface area (Å²) in [5.74, 6) is 1.14.